The van der Waals surface area contributed by atoms with Gasteiger partial charge in [0.05, 0.1) is 0 Å². The maximum atomic E-state index is 12.3. The lowest BCUT2D eigenvalue weighted by atomic mass is 9.88. The third-order valence-electron chi connectivity index (χ3n) is 6.31. The van der Waals surface area contributed by atoms with E-state index in [2.05, 4.69) is 46.4 Å². The normalized spacial score (nSPS) is 24.2. The largest absolute Gasteiger partial charge is 0.481 e. The number of hydrogen-bond acceptors (Lipinski definition) is 5. The van der Waals surface area contributed by atoms with Crippen LogP contribution in [0.4, 0.5) is 10.5 Å². The van der Waals surface area contributed by atoms with Gasteiger partial charge in [-0.25, -0.2) is 4.79 Å². The molecule has 2 aliphatic heterocycles. The van der Waals surface area contributed by atoms with E-state index in [1.165, 1.54) is 5.69 Å². The van der Waals surface area contributed by atoms with Gasteiger partial charge in [-0.2, -0.15) is 0 Å². The van der Waals surface area contributed by atoms with Gasteiger partial charge in [0.15, 0.2) is 0 Å². The van der Waals surface area contributed by atoms with Crippen LogP contribution in [-0.4, -0.2) is 65.7 Å². The molecule has 1 aromatic carbocycles. The summed E-state index contributed by atoms with van der Waals surface area (Å²) in [6.45, 7) is 7.78. The minimum Gasteiger partial charge on any atom is -0.481 e. The Morgan fingerprint density at radius 3 is 2.68 bits per heavy atom. The minimum absolute atomic E-state index is 0.0976. The quantitative estimate of drug-likeness (QED) is 0.500. The molecule has 2 atom stereocenters. The molecule has 0 bridgehead atoms. The molecule has 8 nitrogen and oxygen atoms in total. The van der Waals surface area contributed by atoms with Crippen molar-refractivity contribution in [2.75, 3.05) is 31.1 Å². The number of carbonyl (C=O) groups excluding carboxylic acids is 2. The molecule has 1 unspecified atom stereocenters. The van der Waals surface area contributed by atoms with Gasteiger partial charge < -0.3 is 15.3 Å². The Balaban J connectivity index is 1.54. The van der Waals surface area contributed by atoms with E-state index in [0.717, 1.165) is 43.2 Å². The standard InChI is InChI=1S/C22H31ClN4O4/c1-3-16-13-17(5-6-18(16)23)27-12-11-26(14-15(27)2)10-4-8-22(9-7-19(28)29)20(30)24-21(31)25-22/h5-6,13,15H,3-4,7-12,14H2,1-2H3,(H,28,29)(H2,24,25,30,31)/t15-,22?/m0/s1. The average Bonchev–Trinajstić information content (AvgIpc) is 3.00. The number of imide groups is 1. The Morgan fingerprint density at radius 1 is 1.29 bits per heavy atom. The van der Waals surface area contributed by atoms with Crippen molar-refractivity contribution < 1.29 is 19.5 Å². The van der Waals surface area contributed by atoms with Gasteiger partial charge >= 0.3 is 12.0 Å². The number of halogens is 1. The molecule has 2 heterocycles. The fourth-order valence-electron chi connectivity index (χ4n) is 4.56. The van der Waals surface area contributed by atoms with E-state index in [1.54, 1.807) is 0 Å². The molecular formula is C22H31ClN4O4. The second kappa shape index (κ2) is 9.87. The first kappa shape index (κ1) is 23.3. The van der Waals surface area contributed by atoms with Crippen molar-refractivity contribution >= 4 is 35.2 Å². The van der Waals surface area contributed by atoms with Crippen molar-refractivity contribution in [3.63, 3.8) is 0 Å². The molecule has 170 valence electrons. The van der Waals surface area contributed by atoms with Crippen LogP contribution in [0.2, 0.25) is 5.02 Å². The summed E-state index contributed by atoms with van der Waals surface area (Å²) in [4.78, 5) is 39.7. The Kier molecular flexibility index (Phi) is 7.43. The number of aliphatic carboxylic acids is 1. The maximum absolute atomic E-state index is 12.3. The first-order valence-electron chi connectivity index (χ1n) is 10.9. The second-order valence-corrected chi connectivity index (χ2v) is 8.87. The van der Waals surface area contributed by atoms with E-state index in [0.29, 0.717) is 18.9 Å². The predicted octanol–water partition coefficient (Wildman–Crippen LogP) is 2.64. The maximum Gasteiger partial charge on any atom is 0.322 e. The molecule has 1 aromatic rings. The van der Waals surface area contributed by atoms with Crippen molar-refractivity contribution in [2.45, 2.75) is 57.5 Å². The molecule has 2 aliphatic rings. The molecule has 9 heteroatoms. The van der Waals surface area contributed by atoms with Gasteiger partial charge in [0.1, 0.15) is 5.54 Å². The number of amides is 3. The highest BCUT2D eigenvalue weighted by Crippen LogP contribution is 2.28. The zero-order valence-electron chi connectivity index (χ0n) is 18.1. The van der Waals surface area contributed by atoms with Gasteiger partial charge in [0, 0.05) is 42.8 Å². The Hall–Kier alpha value is -2.32. The summed E-state index contributed by atoms with van der Waals surface area (Å²) in [7, 11) is 0. The lowest BCUT2D eigenvalue weighted by molar-refractivity contribution is -0.137. The molecule has 31 heavy (non-hydrogen) atoms. The molecule has 0 radical (unpaired) electrons. The lowest BCUT2D eigenvalue weighted by Gasteiger charge is -2.41. The van der Waals surface area contributed by atoms with Gasteiger partial charge in [-0.05, 0) is 62.9 Å². The van der Waals surface area contributed by atoms with E-state index in [-0.39, 0.29) is 12.8 Å². The van der Waals surface area contributed by atoms with E-state index in [9.17, 15) is 14.4 Å². The van der Waals surface area contributed by atoms with Crippen LogP contribution in [0.3, 0.4) is 0 Å². The SMILES string of the molecule is CCc1cc(N2CCN(CCCC3(CCC(=O)O)NC(=O)NC3=O)C[C@@H]2C)ccc1Cl. The molecule has 3 N–H and O–H groups in total. The number of nitrogens with zero attached hydrogens (tertiary/aromatic N) is 2. The molecule has 0 saturated carbocycles. The van der Waals surface area contributed by atoms with Crippen LogP contribution in [0.15, 0.2) is 18.2 Å². The van der Waals surface area contributed by atoms with Crippen LogP contribution in [0.5, 0.6) is 0 Å². The van der Waals surface area contributed by atoms with E-state index < -0.39 is 23.4 Å². The van der Waals surface area contributed by atoms with Crippen LogP contribution in [-0.2, 0) is 16.0 Å². The van der Waals surface area contributed by atoms with Gasteiger partial charge in [-0.15, -0.1) is 0 Å². The minimum atomic E-state index is -1.12. The number of carboxylic acids is 1. The molecule has 3 rings (SSSR count). The topological polar surface area (TPSA) is 102 Å². The van der Waals surface area contributed by atoms with E-state index in [4.69, 9.17) is 16.7 Å². The molecule has 0 spiro atoms. The van der Waals surface area contributed by atoms with Crippen molar-refractivity contribution in [2.24, 2.45) is 0 Å². The summed E-state index contributed by atoms with van der Waals surface area (Å²) in [5, 5.41) is 14.7. The van der Waals surface area contributed by atoms with Crippen LogP contribution in [0, 0.1) is 0 Å². The van der Waals surface area contributed by atoms with Gasteiger partial charge in [-0.1, -0.05) is 18.5 Å². The molecule has 0 aliphatic carbocycles. The predicted molar refractivity (Wildman–Crippen MR) is 120 cm³/mol. The number of aryl methyl sites for hydroxylation is 1. The summed E-state index contributed by atoms with van der Waals surface area (Å²) in [6, 6.07) is 5.98. The van der Waals surface area contributed by atoms with Gasteiger partial charge in [-0.3, -0.25) is 19.8 Å². The zero-order valence-corrected chi connectivity index (χ0v) is 18.9. The smallest absolute Gasteiger partial charge is 0.322 e. The Labute approximate surface area is 187 Å². The van der Waals surface area contributed by atoms with Crippen molar-refractivity contribution in [1.82, 2.24) is 15.5 Å². The third-order valence-corrected chi connectivity index (χ3v) is 6.68. The summed E-state index contributed by atoms with van der Waals surface area (Å²) >= 11 is 6.26. The number of nitrogens with one attached hydrogen (secondary N) is 2. The number of carbonyl (C=O) groups is 3. The van der Waals surface area contributed by atoms with Crippen LogP contribution in [0.25, 0.3) is 0 Å². The second-order valence-electron chi connectivity index (χ2n) is 8.46. The number of piperazine rings is 1. The first-order valence-corrected chi connectivity index (χ1v) is 11.2. The first-order chi connectivity index (χ1) is 14.7. The van der Waals surface area contributed by atoms with Crippen LogP contribution in [0.1, 0.15) is 45.1 Å². The number of urea groups is 1. The highest BCUT2D eigenvalue weighted by Gasteiger charge is 2.45. The van der Waals surface area contributed by atoms with Crippen LogP contribution < -0.4 is 15.5 Å². The number of hydrogen-bond donors (Lipinski definition) is 3. The zero-order chi connectivity index (χ0) is 22.6. The number of anilines is 1. The summed E-state index contributed by atoms with van der Waals surface area (Å²) < 4.78 is 0. The third kappa shape index (κ3) is 5.49. The van der Waals surface area contributed by atoms with E-state index in [1.807, 2.05) is 6.07 Å². The lowest BCUT2D eigenvalue weighted by Crippen LogP contribution is -2.53. The Morgan fingerprint density at radius 2 is 2.06 bits per heavy atom. The van der Waals surface area contributed by atoms with Crippen LogP contribution >= 0.6 is 11.6 Å². The summed E-state index contributed by atoms with van der Waals surface area (Å²) in [6.07, 6.45) is 1.95. The van der Waals surface area contributed by atoms with Crippen molar-refractivity contribution in [3.8, 4) is 0 Å². The van der Waals surface area contributed by atoms with E-state index >= 15 is 0 Å². The Bertz CT molecular complexity index is 849. The molecule has 0 aromatic heterocycles. The van der Waals surface area contributed by atoms with Crippen molar-refractivity contribution in [3.05, 3.63) is 28.8 Å². The van der Waals surface area contributed by atoms with Crippen molar-refractivity contribution in [1.29, 1.82) is 0 Å². The fraction of sp³-hybridized carbons (Fsp3) is 0.591. The number of carboxylic acid groups (broad SMARTS) is 1. The monoisotopic (exact) mass is 450 g/mol. The highest BCUT2D eigenvalue weighted by molar-refractivity contribution is 6.31. The summed E-state index contributed by atoms with van der Waals surface area (Å²) in [5.41, 5.74) is 1.21. The fourth-order valence-corrected chi connectivity index (χ4v) is 4.81. The molecule has 2 fully saturated rings. The molecule has 3 amide bonds. The number of rotatable bonds is 9. The summed E-state index contributed by atoms with van der Waals surface area (Å²) in [5.74, 6) is -1.40. The average molecular weight is 451 g/mol. The molecular weight excluding hydrogens is 420 g/mol. The van der Waals surface area contributed by atoms with Gasteiger partial charge in [0.25, 0.3) is 5.91 Å². The number of benzene rings is 1. The molecule has 2 saturated heterocycles. The van der Waals surface area contributed by atoms with Gasteiger partial charge in [0.2, 0.25) is 0 Å². The highest BCUT2D eigenvalue weighted by atomic mass is 35.5.